The third-order valence-electron chi connectivity index (χ3n) is 2.57. The molecule has 0 bridgehead atoms. The Bertz CT molecular complexity index is 302. The highest BCUT2D eigenvalue weighted by atomic mass is 32.1. The first-order valence-electron chi connectivity index (χ1n) is 4.82. The smallest absolute Gasteiger partial charge is 0.184 e. The number of nitrogens with zero attached hydrogens (tertiary/aromatic N) is 1. The van der Waals surface area contributed by atoms with Crippen molar-refractivity contribution in [2.45, 2.75) is 19.4 Å². The van der Waals surface area contributed by atoms with Crippen LogP contribution in [0.1, 0.15) is 13.3 Å². The molecule has 0 spiro atoms. The Balaban J connectivity index is 1.82. The number of ether oxygens (including phenoxy) is 1. The van der Waals surface area contributed by atoms with Crippen LogP contribution in [0.4, 0.5) is 10.1 Å². The third-order valence-corrected chi connectivity index (χ3v) is 3.36. The van der Waals surface area contributed by atoms with Crippen LogP contribution in [0.2, 0.25) is 0 Å². The number of thiazole rings is 1. The van der Waals surface area contributed by atoms with Crippen molar-refractivity contribution in [1.29, 1.82) is 0 Å². The highest BCUT2D eigenvalue weighted by Gasteiger charge is 2.23. The van der Waals surface area contributed by atoms with Crippen molar-refractivity contribution >= 4 is 21.5 Å². The van der Waals surface area contributed by atoms with Gasteiger partial charge in [-0.05, 0) is 13.3 Å². The lowest BCUT2D eigenvalue weighted by molar-refractivity contribution is 0.108. The molecular weight excluding hydrogens is 198 g/mol. The normalized spacial score (nSPS) is 26.6. The van der Waals surface area contributed by atoms with Crippen molar-refractivity contribution in [2.75, 3.05) is 24.2 Å². The molecule has 2 atom stereocenters. The minimum atomic E-state index is 0.361. The van der Waals surface area contributed by atoms with Gasteiger partial charge in [0, 0.05) is 19.1 Å². The third kappa shape index (κ3) is 2.16. The van der Waals surface area contributed by atoms with Crippen LogP contribution in [0, 0.1) is 5.92 Å². The van der Waals surface area contributed by atoms with Gasteiger partial charge in [-0.15, -0.1) is 0 Å². The fourth-order valence-corrected chi connectivity index (χ4v) is 2.22. The van der Waals surface area contributed by atoms with Gasteiger partial charge >= 0.3 is 0 Å². The summed E-state index contributed by atoms with van der Waals surface area (Å²) in [5.74, 6) is 0.597. The molecule has 1 aromatic rings. The van der Waals surface area contributed by atoms with E-state index in [0.717, 1.165) is 29.7 Å². The molecule has 78 valence electrons. The number of nitrogen functional groups attached to an aromatic ring is 1. The fraction of sp³-hybridized carbons (Fsp3) is 0.667. The first kappa shape index (κ1) is 9.73. The maximum Gasteiger partial charge on any atom is 0.184 e. The molecule has 0 amide bonds. The summed E-state index contributed by atoms with van der Waals surface area (Å²) in [6, 6.07) is 0. The summed E-state index contributed by atoms with van der Waals surface area (Å²) in [6.07, 6.45) is 3.18. The number of rotatable bonds is 3. The van der Waals surface area contributed by atoms with Crippen LogP contribution in [-0.2, 0) is 4.74 Å². The number of nitrogens with one attached hydrogen (secondary N) is 1. The molecule has 14 heavy (non-hydrogen) atoms. The van der Waals surface area contributed by atoms with Gasteiger partial charge in [0.1, 0.15) is 5.00 Å². The van der Waals surface area contributed by atoms with E-state index in [1.807, 2.05) is 0 Å². The first-order valence-corrected chi connectivity index (χ1v) is 5.64. The van der Waals surface area contributed by atoms with Crippen LogP contribution in [0.15, 0.2) is 6.20 Å². The lowest BCUT2D eigenvalue weighted by Crippen LogP contribution is -2.20. The van der Waals surface area contributed by atoms with E-state index >= 15 is 0 Å². The summed E-state index contributed by atoms with van der Waals surface area (Å²) in [4.78, 5) is 4.14. The van der Waals surface area contributed by atoms with E-state index in [9.17, 15) is 0 Å². The van der Waals surface area contributed by atoms with Gasteiger partial charge in [0.15, 0.2) is 5.13 Å². The zero-order valence-corrected chi connectivity index (χ0v) is 9.01. The average molecular weight is 213 g/mol. The van der Waals surface area contributed by atoms with Crippen LogP contribution in [0.5, 0.6) is 0 Å². The van der Waals surface area contributed by atoms with E-state index in [0.29, 0.717) is 12.0 Å². The first-order chi connectivity index (χ1) is 6.75. The highest BCUT2D eigenvalue weighted by molar-refractivity contribution is 7.19. The largest absolute Gasteiger partial charge is 0.389 e. The summed E-state index contributed by atoms with van der Waals surface area (Å²) in [6.45, 7) is 3.93. The molecule has 1 aliphatic rings. The molecule has 0 saturated carbocycles. The predicted octanol–water partition coefficient (Wildman–Crippen LogP) is 1.56. The molecule has 5 heteroatoms. The minimum Gasteiger partial charge on any atom is -0.389 e. The minimum absolute atomic E-state index is 0.361. The second-order valence-electron chi connectivity index (χ2n) is 3.57. The van der Waals surface area contributed by atoms with E-state index < -0.39 is 0 Å². The molecule has 2 heterocycles. The number of nitrogens with two attached hydrogens (primary N) is 1. The van der Waals surface area contributed by atoms with Gasteiger partial charge in [-0.25, -0.2) is 4.98 Å². The summed E-state index contributed by atoms with van der Waals surface area (Å²) in [7, 11) is 0. The Kier molecular flexibility index (Phi) is 2.88. The number of hydrogen-bond donors (Lipinski definition) is 2. The van der Waals surface area contributed by atoms with Crippen molar-refractivity contribution in [3.05, 3.63) is 6.20 Å². The van der Waals surface area contributed by atoms with E-state index in [1.54, 1.807) is 6.20 Å². The van der Waals surface area contributed by atoms with Crippen LogP contribution in [0.3, 0.4) is 0 Å². The monoisotopic (exact) mass is 213 g/mol. The van der Waals surface area contributed by atoms with Crippen molar-refractivity contribution in [3.63, 3.8) is 0 Å². The van der Waals surface area contributed by atoms with Crippen LogP contribution in [-0.4, -0.2) is 24.2 Å². The summed E-state index contributed by atoms with van der Waals surface area (Å²) in [5, 5.41) is 4.94. The number of hydrogen-bond acceptors (Lipinski definition) is 5. The zero-order valence-electron chi connectivity index (χ0n) is 8.19. The zero-order chi connectivity index (χ0) is 9.97. The standard InChI is InChI=1S/C9H15N3OS/c1-6-7(2-3-13-6)4-11-9-12-5-8(10)14-9/h5-7H,2-4,10H2,1H3,(H,11,12). The molecule has 1 fully saturated rings. The molecule has 0 aliphatic carbocycles. The molecule has 0 aromatic carbocycles. The molecule has 0 radical (unpaired) electrons. The summed E-state index contributed by atoms with van der Waals surface area (Å²) >= 11 is 1.49. The summed E-state index contributed by atoms with van der Waals surface area (Å²) in [5.41, 5.74) is 5.58. The molecule has 2 rings (SSSR count). The van der Waals surface area contributed by atoms with Gasteiger partial charge in [-0.2, -0.15) is 0 Å². The Morgan fingerprint density at radius 3 is 3.21 bits per heavy atom. The molecule has 4 nitrogen and oxygen atoms in total. The second-order valence-corrected chi connectivity index (χ2v) is 4.64. The maximum absolute atomic E-state index is 5.58. The van der Waals surface area contributed by atoms with Gasteiger partial charge in [0.2, 0.25) is 0 Å². The van der Waals surface area contributed by atoms with Crippen molar-refractivity contribution < 1.29 is 4.74 Å². The fourth-order valence-electron chi connectivity index (χ4n) is 1.63. The van der Waals surface area contributed by atoms with Gasteiger partial charge in [0.05, 0.1) is 12.3 Å². The molecule has 1 saturated heterocycles. The van der Waals surface area contributed by atoms with E-state index in [-0.39, 0.29) is 0 Å². The number of anilines is 2. The van der Waals surface area contributed by atoms with Gasteiger partial charge in [-0.3, -0.25) is 0 Å². The van der Waals surface area contributed by atoms with Gasteiger partial charge in [0.25, 0.3) is 0 Å². The van der Waals surface area contributed by atoms with Gasteiger partial charge < -0.3 is 15.8 Å². The number of aromatic nitrogens is 1. The van der Waals surface area contributed by atoms with E-state index in [4.69, 9.17) is 10.5 Å². The Hall–Kier alpha value is -0.810. The van der Waals surface area contributed by atoms with Crippen LogP contribution < -0.4 is 11.1 Å². The lowest BCUT2D eigenvalue weighted by Gasteiger charge is -2.13. The van der Waals surface area contributed by atoms with E-state index in [2.05, 4.69) is 17.2 Å². The van der Waals surface area contributed by atoms with E-state index in [1.165, 1.54) is 11.3 Å². The second kappa shape index (κ2) is 4.14. The average Bonchev–Trinajstić information content (AvgIpc) is 2.72. The Morgan fingerprint density at radius 1 is 1.79 bits per heavy atom. The topological polar surface area (TPSA) is 60.2 Å². The van der Waals surface area contributed by atoms with Gasteiger partial charge in [-0.1, -0.05) is 11.3 Å². The molecule has 2 unspecified atom stereocenters. The highest BCUT2D eigenvalue weighted by Crippen LogP contribution is 2.23. The lowest BCUT2D eigenvalue weighted by atomic mass is 10.0. The quantitative estimate of drug-likeness (QED) is 0.800. The molecule has 1 aromatic heterocycles. The maximum atomic E-state index is 5.58. The molecule has 3 N–H and O–H groups in total. The van der Waals surface area contributed by atoms with Crippen molar-refractivity contribution in [1.82, 2.24) is 4.98 Å². The van der Waals surface area contributed by atoms with Crippen LogP contribution >= 0.6 is 11.3 Å². The SMILES string of the molecule is CC1OCCC1CNc1ncc(N)s1. The van der Waals surface area contributed by atoms with Crippen molar-refractivity contribution in [3.8, 4) is 0 Å². The Morgan fingerprint density at radius 2 is 2.64 bits per heavy atom. The molecule has 1 aliphatic heterocycles. The van der Waals surface area contributed by atoms with Crippen molar-refractivity contribution in [2.24, 2.45) is 5.92 Å². The predicted molar refractivity (Wildman–Crippen MR) is 58.5 cm³/mol. The van der Waals surface area contributed by atoms with Crippen LogP contribution in [0.25, 0.3) is 0 Å². The Labute approximate surface area is 87.5 Å². The summed E-state index contributed by atoms with van der Waals surface area (Å²) < 4.78 is 5.48. The molecular formula is C9H15N3OS.